The van der Waals surface area contributed by atoms with Crippen LogP contribution in [0.4, 0.5) is 0 Å². The zero-order chi connectivity index (χ0) is 19.2. The van der Waals surface area contributed by atoms with E-state index in [4.69, 9.17) is 4.74 Å². The highest BCUT2D eigenvalue weighted by Gasteiger charge is 2.17. The van der Waals surface area contributed by atoms with E-state index in [0.717, 1.165) is 29.2 Å². The van der Waals surface area contributed by atoms with Crippen molar-refractivity contribution >= 4 is 5.91 Å². The Morgan fingerprint density at radius 1 is 1.11 bits per heavy atom. The monoisotopic (exact) mass is 365 g/mol. The first-order chi connectivity index (χ1) is 13.1. The van der Waals surface area contributed by atoms with Crippen LogP contribution >= 0.6 is 0 Å². The fraction of sp³-hybridized carbons (Fsp3) is 0.238. The van der Waals surface area contributed by atoms with Gasteiger partial charge in [-0.1, -0.05) is 30.3 Å². The number of hydrogen-bond donors (Lipinski definition) is 2. The Balaban J connectivity index is 1.96. The van der Waals surface area contributed by atoms with E-state index in [2.05, 4.69) is 24.5 Å². The lowest BCUT2D eigenvalue weighted by molar-refractivity contribution is -0.856. The van der Waals surface area contributed by atoms with Gasteiger partial charge in [0, 0.05) is 5.56 Å². The predicted octanol–water partition coefficient (Wildman–Crippen LogP) is 1.42. The average molecular weight is 365 g/mol. The molecule has 0 saturated carbocycles. The zero-order valence-electron chi connectivity index (χ0n) is 15.9. The van der Waals surface area contributed by atoms with Gasteiger partial charge in [-0.05, 0) is 30.3 Å². The third kappa shape index (κ3) is 4.54. The van der Waals surface area contributed by atoms with E-state index in [1.807, 2.05) is 60.7 Å². The van der Waals surface area contributed by atoms with Crippen molar-refractivity contribution in [3.63, 3.8) is 0 Å². The summed E-state index contributed by atoms with van der Waals surface area (Å²) in [6.45, 7) is 1.46. The number of amides is 1. The Kier molecular flexibility index (Phi) is 5.88. The summed E-state index contributed by atoms with van der Waals surface area (Å²) in [6, 6.07) is 19.2. The molecule has 1 aromatic heterocycles. The van der Waals surface area contributed by atoms with Gasteiger partial charge in [-0.3, -0.25) is 4.79 Å². The summed E-state index contributed by atoms with van der Waals surface area (Å²) < 4.78 is 6.90. The van der Waals surface area contributed by atoms with Gasteiger partial charge in [-0.25, -0.2) is 4.68 Å². The van der Waals surface area contributed by atoms with Crippen LogP contribution in [0.3, 0.4) is 0 Å². The van der Waals surface area contributed by atoms with E-state index in [0.29, 0.717) is 12.2 Å². The number of quaternary nitrogens is 1. The minimum Gasteiger partial charge on any atom is -0.497 e. The normalized spacial score (nSPS) is 10.8. The maximum absolute atomic E-state index is 12.8. The van der Waals surface area contributed by atoms with E-state index in [9.17, 15) is 4.79 Å². The Morgan fingerprint density at radius 3 is 2.44 bits per heavy atom. The number of likely N-dealkylation sites (N-methyl/N-ethyl adjacent to an activating group) is 1. The molecule has 140 valence electrons. The topological polar surface area (TPSA) is 60.6 Å². The summed E-state index contributed by atoms with van der Waals surface area (Å²) in [7, 11) is 5.74. The molecular formula is C21H25N4O2+. The standard InChI is InChI=1S/C21H24N4O2/c1-24(2)14-13-22-21(26)20-15-19(16-7-5-4-6-8-16)23-25(20)17-9-11-18(27-3)12-10-17/h4-12,15H,13-14H2,1-3H3,(H,22,26)/p+1. The molecule has 0 fully saturated rings. The molecule has 6 nitrogen and oxygen atoms in total. The highest BCUT2D eigenvalue weighted by Crippen LogP contribution is 2.22. The van der Waals surface area contributed by atoms with Crippen LogP contribution in [0.25, 0.3) is 16.9 Å². The fourth-order valence-corrected chi connectivity index (χ4v) is 2.73. The first-order valence-electron chi connectivity index (χ1n) is 8.95. The minimum absolute atomic E-state index is 0.137. The summed E-state index contributed by atoms with van der Waals surface area (Å²) in [4.78, 5) is 14.1. The zero-order valence-corrected chi connectivity index (χ0v) is 15.9. The number of rotatable bonds is 7. The van der Waals surface area contributed by atoms with Crippen LogP contribution in [0.15, 0.2) is 60.7 Å². The van der Waals surface area contributed by atoms with Gasteiger partial charge in [0.05, 0.1) is 45.7 Å². The number of hydrogen-bond acceptors (Lipinski definition) is 3. The summed E-state index contributed by atoms with van der Waals surface area (Å²) in [5.74, 6) is 0.621. The van der Waals surface area contributed by atoms with Gasteiger partial charge in [-0.2, -0.15) is 5.10 Å². The molecule has 0 atom stereocenters. The van der Waals surface area contributed by atoms with Gasteiger partial charge in [0.2, 0.25) is 0 Å². The van der Waals surface area contributed by atoms with E-state index >= 15 is 0 Å². The average Bonchev–Trinajstić information content (AvgIpc) is 3.14. The van der Waals surface area contributed by atoms with Gasteiger partial charge < -0.3 is 15.0 Å². The van der Waals surface area contributed by atoms with Crippen LogP contribution in [0.5, 0.6) is 5.75 Å². The number of nitrogens with one attached hydrogen (secondary N) is 2. The largest absolute Gasteiger partial charge is 0.497 e. The highest BCUT2D eigenvalue weighted by atomic mass is 16.5. The molecule has 0 spiro atoms. The van der Waals surface area contributed by atoms with Crippen molar-refractivity contribution < 1.29 is 14.4 Å². The van der Waals surface area contributed by atoms with Crippen molar-refractivity contribution in [2.24, 2.45) is 0 Å². The fourth-order valence-electron chi connectivity index (χ4n) is 2.73. The molecule has 0 radical (unpaired) electrons. The Morgan fingerprint density at radius 2 is 1.81 bits per heavy atom. The molecule has 27 heavy (non-hydrogen) atoms. The molecule has 1 amide bonds. The molecule has 0 aliphatic rings. The maximum Gasteiger partial charge on any atom is 0.270 e. The van der Waals surface area contributed by atoms with Gasteiger partial charge in [0.1, 0.15) is 11.4 Å². The van der Waals surface area contributed by atoms with E-state index in [1.165, 1.54) is 4.90 Å². The quantitative estimate of drug-likeness (QED) is 0.666. The predicted molar refractivity (Wildman–Crippen MR) is 106 cm³/mol. The molecule has 3 rings (SSSR count). The number of carbonyl (C=O) groups is 1. The molecule has 0 bridgehead atoms. The number of carbonyl (C=O) groups excluding carboxylic acids is 1. The first-order valence-corrected chi connectivity index (χ1v) is 8.95. The van der Waals surface area contributed by atoms with Gasteiger partial charge >= 0.3 is 0 Å². The summed E-state index contributed by atoms with van der Waals surface area (Å²) in [6.07, 6.45) is 0. The lowest BCUT2D eigenvalue weighted by Gasteiger charge is -2.10. The van der Waals surface area contributed by atoms with Crippen molar-refractivity contribution in [1.29, 1.82) is 0 Å². The Hall–Kier alpha value is -3.12. The SMILES string of the molecule is COc1ccc(-n2nc(-c3ccccc3)cc2C(=O)NCC[NH+](C)C)cc1. The van der Waals surface area contributed by atoms with E-state index < -0.39 is 0 Å². The van der Waals surface area contributed by atoms with E-state index in [1.54, 1.807) is 11.8 Å². The van der Waals surface area contributed by atoms with Crippen molar-refractivity contribution in [1.82, 2.24) is 15.1 Å². The molecule has 0 aliphatic carbocycles. The molecular weight excluding hydrogens is 340 g/mol. The minimum atomic E-state index is -0.137. The maximum atomic E-state index is 12.8. The molecule has 0 unspecified atom stereocenters. The van der Waals surface area contributed by atoms with Crippen LogP contribution in [0.2, 0.25) is 0 Å². The number of ether oxygens (including phenoxy) is 1. The van der Waals surface area contributed by atoms with Crippen LogP contribution in [0, 0.1) is 0 Å². The van der Waals surface area contributed by atoms with Crippen LogP contribution < -0.4 is 15.0 Å². The summed E-state index contributed by atoms with van der Waals surface area (Å²) in [5, 5.41) is 7.66. The Bertz CT molecular complexity index is 886. The van der Waals surface area contributed by atoms with E-state index in [-0.39, 0.29) is 5.91 Å². The van der Waals surface area contributed by atoms with Crippen molar-refractivity contribution in [3.8, 4) is 22.7 Å². The van der Waals surface area contributed by atoms with Crippen molar-refractivity contribution in [3.05, 3.63) is 66.4 Å². The van der Waals surface area contributed by atoms with Gasteiger partial charge in [0.25, 0.3) is 5.91 Å². The summed E-state index contributed by atoms with van der Waals surface area (Å²) >= 11 is 0. The molecule has 2 aromatic carbocycles. The van der Waals surface area contributed by atoms with Gasteiger partial charge in [0.15, 0.2) is 0 Å². The van der Waals surface area contributed by atoms with Crippen LogP contribution in [0.1, 0.15) is 10.5 Å². The number of methoxy groups -OCH3 is 1. The van der Waals surface area contributed by atoms with Gasteiger partial charge in [-0.15, -0.1) is 0 Å². The number of nitrogens with zero attached hydrogens (tertiary/aromatic N) is 2. The number of aromatic nitrogens is 2. The third-order valence-corrected chi connectivity index (χ3v) is 4.24. The molecule has 0 saturated heterocycles. The lowest BCUT2D eigenvalue weighted by Crippen LogP contribution is -3.06. The van der Waals surface area contributed by atoms with Crippen LogP contribution in [-0.2, 0) is 0 Å². The van der Waals surface area contributed by atoms with Crippen molar-refractivity contribution in [2.45, 2.75) is 0 Å². The molecule has 0 aliphatic heterocycles. The molecule has 1 heterocycles. The lowest BCUT2D eigenvalue weighted by atomic mass is 10.1. The third-order valence-electron chi connectivity index (χ3n) is 4.24. The van der Waals surface area contributed by atoms with Crippen LogP contribution in [-0.4, -0.2) is 50.0 Å². The Labute approximate surface area is 159 Å². The number of benzene rings is 2. The second kappa shape index (κ2) is 8.51. The first kappa shape index (κ1) is 18.7. The van der Waals surface area contributed by atoms with Crippen molar-refractivity contribution in [2.75, 3.05) is 34.3 Å². The second-order valence-electron chi connectivity index (χ2n) is 6.60. The smallest absolute Gasteiger partial charge is 0.270 e. The molecule has 3 aromatic rings. The molecule has 2 N–H and O–H groups in total. The molecule has 6 heteroatoms. The summed E-state index contributed by atoms with van der Waals surface area (Å²) in [5.41, 5.74) is 3.04. The highest BCUT2D eigenvalue weighted by molar-refractivity contribution is 5.94. The second-order valence-corrected chi connectivity index (χ2v) is 6.60.